The number of unbranched alkanes of at least 4 members (excludes halogenated alkanes) is 1. The summed E-state index contributed by atoms with van der Waals surface area (Å²) in [5.41, 5.74) is -0.661. The van der Waals surface area contributed by atoms with E-state index in [4.69, 9.17) is 11.6 Å². The third kappa shape index (κ3) is 5.32. The Morgan fingerprint density at radius 2 is 1.96 bits per heavy atom. The normalized spacial score (nSPS) is 11.3. The molecule has 2 rings (SSSR count). The minimum atomic E-state index is -4.57. The Kier molecular flexibility index (Phi) is 6.42. The van der Waals surface area contributed by atoms with Crippen molar-refractivity contribution in [2.75, 3.05) is 11.9 Å². The monoisotopic (exact) mass is 386 g/mol. The highest BCUT2D eigenvalue weighted by Gasteiger charge is 2.33. The molecule has 0 aliphatic heterocycles. The van der Waals surface area contributed by atoms with Crippen LogP contribution in [0.4, 0.5) is 24.7 Å². The van der Waals surface area contributed by atoms with E-state index in [1.54, 1.807) is 6.92 Å². The molecule has 1 amide bonds. The average molecular weight is 387 g/mol. The largest absolute Gasteiger partial charge is 0.417 e. The highest BCUT2D eigenvalue weighted by atomic mass is 35.5. The van der Waals surface area contributed by atoms with Gasteiger partial charge >= 0.3 is 6.18 Å². The Balaban J connectivity index is 2.23. The number of anilines is 2. The molecule has 0 saturated carbocycles. The molecule has 1 aromatic heterocycles. The lowest BCUT2D eigenvalue weighted by Crippen LogP contribution is -2.25. The van der Waals surface area contributed by atoms with Gasteiger partial charge in [0.1, 0.15) is 17.3 Å². The second-order valence-corrected chi connectivity index (χ2v) is 6.02. The number of aryl methyl sites for hydroxylation is 1. The van der Waals surface area contributed by atoms with Crippen molar-refractivity contribution in [1.29, 1.82) is 0 Å². The first-order valence-electron chi connectivity index (χ1n) is 7.98. The van der Waals surface area contributed by atoms with Crippen LogP contribution < -0.4 is 10.6 Å². The number of amides is 1. The number of hydrogen-bond acceptors (Lipinski definition) is 4. The lowest BCUT2D eigenvalue weighted by molar-refractivity contribution is -0.137. The summed E-state index contributed by atoms with van der Waals surface area (Å²) in [4.78, 5) is 20.3. The number of halogens is 4. The maximum atomic E-state index is 13.0. The van der Waals surface area contributed by atoms with Crippen molar-refractivity contribution in [2.45, 2.75) is 32.9 Å². The van der Waals surface area contributed by atoms with Crippen LogP contribution in [-0.2, 0) is 6.18 Å². The molecule has 0 atom stereocenters. The summed E-state index contributed by atoms with van der Waals surface area (Å²) in [6, 6.07) is 4.83. The highest BCUT2D eigenvalue weighted by Crippen LogP contribution is 2.36. The third-order valence-corrected chi connectivity index (χ3v) is 3.76. The molecular weight excluding hydrogens is 369 g/mol. The number of nitrogens with one attached hydrogen (secondary N) is 2. The van der Waals surface area contributed by atoms with Gasteiger partial charge < -0.3 is 10.6 Å². The van der Waals surface area contributed by atoms with Gasteiger partial charge in [0, 0.05) is 18.3 Å². The quantitative estimate of drug-likeness (QED) is 0.704. The van der Waals surface area contributed by atoms with E-state index in [0.717, 1.165) is 25.0 Å². The molecule has 0 bridgehead atoms. The fourth-order valence-electron chi connectivity index (χ4n) is 2.19. The highest BCUT2D eigenvalue weighted by molar-refractivity contribution is 6.31. The van der Waals surface area contributed by atoms with Crippen molar-refractivity contribution in [3.8, 4) is 0 Å². The van der Waals surface area contributed by atoms with Gasteiger partial charge in [-0.15, -0.1) is 0 Å². The molecule has 1 heterocycles. The van der Waals surface area contributed by atoms with E-state index in [2.05, 4.69) is 20.6 Å². The van der Waals surface area contributed by atoms with Crippen molar-refractivity contribution < 1.29 is 18.0 Å². The summed E-state index contributed by atoms with van der Waals surface area (Å²) < 4.78 is 38.9. The lowest BCUT2D eigenvalue weighted by atomic mass is 10.2. The summed E-state index contributed by atoms with van der Waals surface area (Å²) in [5, 5.41) is 5.10. The first-order chi connectivity index (χ1) is 12.2. The van der Waals surface area contributed by atoms with E-state index >= 15 is 0 Å². The van der Waals surface area contributed by atoms with Crippen molar-refractivity contribution in [3.63, 3.8) is 0 Å². The van der Waals surface area contributed by atoms with Gasteiger partial charge in [0.15, 0.2) is 0 Å². The second-order valence-electron chi connectivity index (χ2n) is 5.61. The van der Waals surface area contributed by atoms with Crippen LogP contribution in [0.5, 0.6) is 0 Å². The minimum absolute atomic E-state index is 0.140. The number of benzene rings is 1. The molecule has 26 heavy (non-hydrogen) atoms. The van der Waals surface area contributed by atoms with Gasteiger partial charge in [-0.3, -0.25) is 4.79 Å². The molecule has 140 valence electrons. The zero-order chi connectivity index (χ0) is 19.3. The van der Waals surface area contributed by atoms with E-state index < -0.39 is 16.8 Å². The maximum absolute atomic E-state index is 13.0. The standard InChI is InChI=1S/C17H18ClF3N4O/c1-3-4-7-22-16(26)14-9-15(24-10(2)23-14)25-11-5-6-13(18)12(8-11)17(19,20)21/h5-6,8-9H,3-4,7H2,1-2H3,(H,22,26)(H,23,24,25). The first-order valence-corrected chi connectivity index (χ1v) is 8.36. The minimum Gasteiger partial charge on any atom is -0.351 e. The molecule has 0 unspecified atom stereocenters. The maximum Gasteiger partial charge on any atom is 0.417 e. The zero-order valence-corrected chi connectivity index (χ0v) is 15.0. The number of carbonyl (C=O) groups is 1. The van der Waals surface area contributed by atoms with Crippen molar-refractivity contribution in [2.24, 2.45) is 0 Å². The van der Waals surface area contributed by atoms with Gasteiger partial charge in [0.25, 0.3) is 5.91 Å². The molecule has 0 fully saturated rings. The van der Waals surface area contributed by atoms with Crippen LogP contribution in [0.3, 0.4) is 0 Å². The first kappa shape index (κ1) is 20.0. The van der Waals surface area contributed by atoms with Crippen LogP contribution in [0, 0.1) is 6.92 Å². The summed E-state index contributed by atoms with van der Waals surface area (Å²) in [6.45, 7) is 4.12. The predicted molar refractivity (Wildman–Crippen MR) is 93.7 cm³/mol. The number of carbonyl (C=O) groups excluding carboxylic acids is 1. The number of hydrogen-bond donors (Lipinski definition) is 2. The van der Waals surface area contributed by atoms with Crippen LogP contribution in [0.15, 0.2) is 24.3 Å². The Labute approximate surface area is 154 Å². The smallest absolute Gasteiger partial charge is 0.351 e. The number of rotatable bonds is 6. The average Bonchev–Trinajstić information content (AvgIpc) is 2.55. The molecule has 5 nitrogen and oxygen atoms in total. The number of nitrogens with zero attached hydrogens (tertiary/aromatic N) is 2. The lowest BCUT2D eigenvalue weighted by Gasteiger charge is -2.13. The molecule has 0 saturated heterocycles. The van der Waals surface area contributed by atoms with E-state index in [1.807, 2.05) is 6.92 Å². The molecule has 1 aromatic carbocycles. The van der Waals surface area contributed by atoms with E-state index in [-0.39, 0.29) is 23.1 Å². The molecular formula is C17H18ClF3N4O. The van der Waals surface area contributed by atoms with Gasteiger partial charge in [-0.25, -0.2) is 9.97 Å². The topological polar surface area (TPSA) is 66.9 Å². The zero-order valence-electron chi connectivity index (χ0n) is 14.2. The Bertz CT molecular complexity index is 796. The molecule has 0 aliphatic rings. The van der Waals surface area contributed by atoms with Gasteiger partial charge in [-0.1, -0.05) is 24.9 Å². The van der Waals surface area contributed by atoms with Crippen LogP contribution in [0.2, 0.25) is 5.02 Å². The van der Waals surface area contributed by atoms with Gasteiger partial charge in [-0.2, -0.15) is 13.2 Å². The van der Waals surface area contributed by atoms with Gasteiger partial charge in [0.2, 0.25) is 0 Å². The molecule has 0 radical (unpaired) electrons. The molecule has 0 spiro atoms. The van der Waals surface area contributed by atoms with Crippen LogP contribution in [-0.4, -0.2) is 22.4 Å². The fraction of sp³-hybridized carbons (Fsp3) is 0.353. The third-order valence-electron chi connectivity index (χ3n) is 3.43. The van der Waals surface area contributed by atoms with E-state index in [9.17, 15) is 18.0 Å². The van der Waals surface area contributed by atoms with Gasteiger partial charge in [-0.05, 0) is 31.5 Å². The number of alkyl halides is 3. The van der Waals surface area contributed by atoms with Crippen molar-refractivity contribution in [1.82, 2.24) is 15.3 Å². The van der Waals surface area contributed by atoms with Crippen LogP contribution >= 0.6 is 11.6 Å². The summed E-state index contributed by atoms with van der Waals surface area (Å²) >= 11 is 5.61. The Morgan fingerprint density at radius 1 is 1.23 bits per heavy atom. The predicted octanol–water partition coefficient (Wildman–Crippen LogP) is 4.73. The van der Waals surface area contributed by atoms with E-state index in [0.29, 0.717) is 12.4 Å². The summed E-state index contributed by atoms with van der Waals surface area (Å²) in [6.07, 6.45) is -2.79. The van der Waals surface area contributed by atoms with Crippen LogP contribution in [0.25, 0.3) is 0 Å². The SMILES string of the molecule is CCCCNC(=O)c1cc(Nc2ccc(Cl)c(C(F)(F)F)c2)nc(C)n1. The van der Waals surface area contributed by atoms with Crippen LogP contribution in [0.1, 0.15) is 41.6 Å². The molecule has 2 N–H and O–H groups in total. The number of aromatic nitrogens is 2. The molecule has 2 aromatic rings. The summed E-state index contributed by atoms with van der Waals surface area (Å²) in [5.74, 6) is 0.174. The second kappa shape index (κ2) is 8.35. The van der Waals surface area contributed by atoms with Crippen molar-refractivity contribution in [3.05, 3.63) is 46.4 Å². The van der Waals surface area contributed by atoms with Gasteiger partial charge in [0.05, 0.1) is 10.6 Å². The fourth-order valence-corrected chi connectivity index (χ4v) is 2.41. The summed E-state index contributed by atoms with van der Waals surface area (Å²) in [7, 11) is 0. The van der Waals surface area contributed by atoms with Crippen molar-refractivity contribution >= 4 is 29.0 Å². The Morgan fingerprint density at radius 3 is 2.62 bits per heavy atom. The van der Waals surface area contributed by atoms with E-state index in [1.165, 1.54) is 12.1 Å². The molecule has 0 aliphatic carbocycles. The molecule has 9 heteroatoms. The Hall–Kier alpha value is -2.35.